The minimum absolute atomic E-state index is 0.307. The van der Waals surface area contributed by atoms with Crippen molar-refractivity contribution < 1.29 is 22.4 Å². The van der Waals surface area contributed by atoms with Gasteiger partial charge in [-0.3, -0.25) is 0 Å². The summed E-state index contributed by atoms with van der Waals surface area (Å²) < 4.78 is 44.0. The predicted octanol–water partition coefficient (Wildman–Crippen LogP) is 4.32. The van der Waals surface area contributed by atoms with Gasteiger partial charge in [-0.2, -0.15) is 9.29 Å². The van der Waals surface area contributed by atoms with Gasteiger partial charge in [0.2, 0.25) is 21.7 Å². The van der Waals surface area contributed by atoms with E-state index in [0.29, 0.717) is 71.4 Å². The molecule has 0 atom stereocenters. The first-order chi connectivity index (χ1) is 16.0. The maximum Gasteiger partial charge on any atom is 0.243 e. The summed E-state index contributed by atoms with van der Waals surface area (Å²) in [6.07, 6.45) is 4.06. The van der Waals surface area contributed by atoms with Crippen molar-refractivity contribution >= 4 is 21.6 Å². The van der Waals surface area contributed by atoms with E-state index in [1.165, 1.54) is 0 Å². The van der Waals surface area contributed by atoms with E-state index in [1.807, 2.05) is 0 Å². The van der Waals surface area contributed by atoms with Crippen LogP contribution < -0.4 is 9.47 Å². The van der Waals surface area contributed by atoms with E-state index in [1.54, 1.807) is 40.7 Å². The maximum atomic E-state index is 12.8. The summed E-state index contributed by atoms with van der Waals surface area (Å²) in [4.78, 5) is 4.78. The zero-order valence-electron chi connectivity index (χ0n) is 18.0. The van der Waals surface area contributed by atoms with Crippen molar-refractivity contribution in [2.45, 2.75) is 37.0 Å². The zero-order valence-corrected chi connectivity index (χ0v) is 19.6. The molecular formula is C23H24ClN3O5S. The third-order valence-corrected chi connectivity index (χ3v) is 7.95. The molecule has 5 rings (SSSR count). The average Bonchev–Trinajstić information content (AvgIpc) is 3.16. The molecule has 2 aliphatic heterocycles. The standard InChI is InChI=1S/C23H24ClN3O5S/c24-19-14-17(15-20-22(19)31-12-4-11-30-20)23-25-21(32-26-23)13-16-5-7-18(8-6-16)33(28,29)27-9-2-1-3-10-27/h5-8,14-15H,1-4,9-13H2. The molecule has 174 valence electrons. The van der Waals surface area contributed by atoms with Gasteiger partial charge >= 0.3 is 0 Å². The van der Waals surface area contributed by atoms with Gasteiger partial charge in [0.25, 0.3) is 0 Å². The van der Waals surface area contributed by atoms with Gasteiger partial charge in [0, 0.05) is 25.1 Å². The van der Waals surface area contributed by atoms with Crippen molar-refractivity contribution in [3.63, 3.8) is 0 Å². The van der Waals surface area contributed by atoms with E-state index in [-0.39, 0.29) is 0 Å². The number of rotatable bonds is 5. The molecule has 0 bridgehead atoms. The quantitative estimate of drug-likeness (QED) is 0.526. The first-order valence-corrected chi connectivity index (χ1v) is 12.8. The highest BCUT2D eigenvalue weighted by molar-refractivity contribution is 7.89. The fourth-order valence-corrected chi connectivity index (χ4v) is 5.79. The molecule has 0 radical (unpaired) electrons. The number of ether oxygens (including phenoxy) is 2. The summed E-state index contributed by atoms with van der Waals surface area (Å²) in [6.45, 7) is 2.27. The first-order valence-electron chi connectivity index (χ1n) is 11.0. The molecular weight excluding hydrogens is 466 g/mol. The van der Waals surface area contributed by atoms with E-state index in [4.69, 9.17) is 25.6 Å². The minimum atomic E-state index is -3.45. The van der Waals surface area contributed by atoms with E-state index >= 15 is 0 Å². The smallest absolute Gasteiger partial charge is 0.243 e. The first kappa shape index (κ1) is 22.2. The Morgan fingerprint density at radius 3 is 2.52 bits per heavy atom. The summed E-state index contributed by atoms with van der Waals surface area (Å²) in [5, 5.41) is 4.50. The molecule has 0 saturated carbocycles. The van der Waals surface area contributed by atoms with E-state index in [9.17, 15) is 8.42 Å². The van der Waals surface area contributed by atoms with Gasteiger partial charge in [0.15, 0.2) is 11.5 Å². The van der Waals surface area contributed by atoms with Crippen LogP contribution in [-0.4, -0.2) is 49.2 Å². The van der Waals surface area contributed by atoms with Crippen LogP contribution in [0.3, 0.4) is 0 Å². The Balaban J connectivity index is 1.31. The predicted molar refractivity (Wildman–Crippen MR) is 122 cm³/mol. The number of nitrogens with zero attached hydrogens (tertiary/aromatic N) is 3. The van der Waals surface area contributed by atoms with Gasteiger partial charge in [-0.05, 0) is 42.7 Å². The number of halogens is 1. The van der Waals surface area contributed by atoms with E-state index in [2.05, 4.69) is 10.1 Å². The number of piperidine rings is 1. The normalized spacial score (nSPS) is 17.0. The van der Waals surface area contributed by atoms with Gasteiger partial charge < -0.3 is 14.0 Å². The molecule has 1 saturated heterocycles. The highest BCUT2D eigenvalue weighted by Gasteiger charge is 2.26. The second-order valence-electron chi connectivity index (χ2n) is 8.13. The molecule has 2 aromatic carbocycles. The summed E-state index contributed by atoms with van der Waals surface area (Å²) in [5.41, 5.74) is 1.54. The molecule has 0 aliphatic carbocycles. The van der Waals surface area contributed by atoms with Crippen LogP contribution in [0.5, 0.6) is 11.5 Å². The van der Waals surface area contributed by atoms with Crippen LogP contribution in [0.1, 0.15) is 37.1 Å². The highest BCUT2D eigenvalue weighted by atomic mass is 35.5. The molecule has 3 heterocycles. The molecule has 0 unspecified atom stereocenters. The third kappa shape index (κ3) is 4.71. The molecule has 0 amide bonds. The molecule has 1 aromatic heterocycles. The Labute approximate surface area is 197 Å². The van der Waals surface area contributed by atoms with Crippen LogP contribution in [0.4, 0.5) is 0 Å². The number of aromatic nitrogens is 2. The number of benzene rings is 2. The van der Waals surface area contributed by atoms with Gasteiger partial charge in [-0.15, -0.1) is 0 Å². The van der Waals surface area contributed by atoms with E-state index in [0.717, 1.165) is 31.2 Å². The summed E-state index contributed by atoms with van der Waals surface area (Å²) in [5.74, 6) is 1.90. The van der Waals surface area contributed by atoms with Gasteiger partial charge in [0.05, 0.1) is 29.6 Å². The Morgan fingerprint density at radius 1 is 0.970 bits per heavy atom. The van der Waals surface area contributed by atoms with Crippen LogP contribution in [0.2, 0.25) is 5.02 Å². The Kier molecular flexibility index (Phi) is 6.27. The molecule has 8 nitrogen and oxygen atoms in total. The molecule has 0 spiro atoms. The van der Waals surface area contributed by atoms with Crippen LogP contribution in [-0.2, 0) is 16.4 Å². The third-order valence-electron chi connectivity index (χ3n) is 5.76. The molecule has 33 heavy (non-hydrogen) atoms. The van der Waals surface area contributed by atoms with Crippen molar-refractivity contribution in [1.29, 1.82) is 0 Å². The fraction of sp³-hybridized carbons (Fsp3) is 0.391. The van der Waals surface area contributed by atoms with Gasteiger partial charge in [-0.1, -0.05) is 35.3 Å². The largest absolute Gasteiger partial charge is 0.489 e. The maximum absolute atomic E-state index is 12.8. The lowest BCUT2D eigenvalue weighted by Crippen LogP contribution is -2.35. The number of hydrogen-bond acceptors (Lipinski definition) is 7. The molecule has 10 heteroatoms. The number of hydrogen-bond donors (Lipinski definition) is 0. The van der Waals surface area contributed by atoms with Crippen molar-refractivity contribution in [2.24, 2.45) is 0 Å². The van der Waals surface area contributed by atoms with Crippen LogP contribution in [0, 0.1) is 0 Å². The molecule has 0 N–H and O–H groups in total. The van der Waals surface area contributed by atoms with Crippen molar-refractivity contribution in [3.8, 4) is 22.9 Å². The summed E-state index contributed by atoms with van der Waals surface area (Å²) in [6, 6.07) is 10.4. The second kappa shape index (κ2) is 9.32. The van der Waals surface area contributed by atoms with E-state index < -0.39 is 10.0 Å². The second-order valence-corrected chi connectivity index (χ2v) is 10.5. The minimum Gasteiger partial charge on any atom is -0.489 e. The topological polar surface area (TPSA) is 94.8 Å². The Hall–Kier alpha value is -2.62. The van der Waals surface area contributed by atoms with Crippen molar-refractivity contribution in [3.05, 3.63) is 52.9 Å². The molecule has 2 aliphatic rings. The summed E-state index contributed by atoms with van der Waals surface area (Å²) in [7, 11) is -3.45. The van der Waals surface area contributed by atoms with Crippen molar-refractivity contribution in [1.82, 2.24) is 14.4 Å². The average molecular weight is 490 g/mol. The number of fused-ring (bicyclic) bond motifs is 1. The highest BCUT2D eigenvalue weighted by Crippen LogP contribution is 2.40. The van der Waals surface area contributed by atoms with Crippen LogP contribution >= 0.6 is 11.6 Å². The Bertz CT molecular complexity index is 1240. The van der Waals surface area contributed by atoms with Gasteiger partial charge in [-0.25, -0.2) is 8.42 Å². The Morgan fingerprint density at radius 2 is 1.73 bits per heavy atom. The molecule has 1 fully saturated rings. The number of sulfonamides is 1. The van der Waals surface area contributed by atoms with Crippen LogP contribution in [0.15, 0.2) is 45.8 Å². The SMILES string of the molecule is O=S(=O)(c1ccc(Cc2nc(-c3cc(Cl)c4c(c3)OCCCO4)no2)cc1)N1CCCCC1. The van der Waals surface area contributed by atoms with Gasteiger partial charge in [0.1, 0.15) is 0 Å². The van der Waals surface area contributed by atoms with Crippen LogP contribution in [0.25, 0.3) is 11.4 Å². The zero-order chi connectivity index (χ0) is 22.8. The summed E-state index contributed by atoms with van der Waals surface area (Å²) >= 11 is 6.37. The lowest BCUT2D eigenvalue weighted by molar-refractivity contribution is 0.297. The monoisotopic (exact) mass is 489 g/mol. The lowest BCUT2D eigenvalue weighted by atomic mass is 10.1. The van der Waals surface area contributed by atoms with Crippen molar-refractivity contribution in [2.75, 3.05) is 26.3 Å². The fourth-order valence-electron chi connectivity index (χ4n) is 4.01. The lowest BCUT2D eigenvalue weighted by Gasteiger charge is -2.25. The molecule has 3 aromatic rings.